The smallest absolute Gasteiger partial charge is 0.275 e. The molecular weight excluding hydrogens is 131 g/mol. The summed E-state index contributed by atoms with van der Waals surface area (Å²) in [6, 6.07) is 0. The van der Waals surface area contributed by atoms with E-state index in [-0.39, 0.29) is 6.42 Å². The molecule has 0 saturated carbocycles. The van der Waals surface area contributed by atoms with Crippen LogP contribution in [0.5, 0.6) is 0 Å². The van der Waals surface area contributed by atoms with Gasteiger partial charge in [-0.1, -0.05) is 0 Å². The van der Waals surface area contributed by atoms with Crippen molar-refractivity contribution in [2.24, 2.45) is 0 Å². The van der Waals surface area contributed by atoms with Crippen LogP contribution in [0.2, 0.25) is 0 Å². The first kappa shape index (κ1) is 8.17. The number of alkyl halides is 1. The first-order valence-corrected chi connectivity index (χ1v) is 2.83. The summed E-state index contributed by atoms with van der Waals surface area (Å²) in [5.74, 6) is -2.21. The molecule has 3 N–H and O–H groups in total. The van der Waals surface area contributed by atoms with Gasteiger partial charge < -0.3 is 15.3 Å². The molecule has 3 nitrogen and oxygen atoms in total. The van der Waals surface area contributed by atoms with Gasteiger partial charge in [0.15, 0.2) is 0 Å². The van der Waals surface area contributed by atoms with Crippen LogP contribution in [-0.2, 0) is 0 Å². The first-order chi connectivity index (χ1) is 3.56. The molecule has 0 aromatic carbocycles. The molecule has 0 heterocycles. The fourth-order valence-corrected chi connectivity index (χ4v) is 0.438. The fourth-order valence-electron chi connectivity index (χ4n) is 0.304. The number of halogens is 1. The number of hydrogen-bond donors (Lipinski definition) is 3. The van der Waals surface area contributed by atoms with Crippen LogP contribution in [0.25, 0.3) is 0 Å². The van der Waals surface area contributed by atoms with Crippen LogP contribution in [0.3, 0.4) is 0 Å². The Labute approximate surface area is 52.5 Å². The summed E-state index contributed by atoms with van der Waals surface area (Å²) >= 11 is 5.17. The molecule has 0 saturated heterocycles. The largest absolute Gasteiger partial charge is 0.344 e. The summed E-state index contributed by atoms with van der Waals surface area (Å²) in [6.07, 6.45) is 0.293. The normalized spacial score (nSPS) is 12.0. The summed E-state index contributed by atoms with van der Waals surface area (Å²) in [5.41, 5.74) is 0. The van der Waals surface area contributed by atoms with Crippen molar-refractivity contribution in [2.75, 3.05) is 5.88 Å². The van der Waals surface area contributed by atoms with Gasteiger partial charge in [0.25, 0.3) is 5.97 Å². The predicted octanol–water partition coefficient (Wildman–Crippen LogP) is -0.364. The van der Waals surface area contributed by atoms with E-state index in [1.54, 1.807) is 0 Å². The van der Waals surface area contributed by atoms with Gasteiger partial charge in [0.05, 0.1) is 0 Å². The summed E-state index contributed by atoms with van der Waals surface area (Å²) < 4.78 is 0. The number of hydrogen-bond acceptors (Lipinski definition) is 3. The molecule has 0 aliphatic heterocycles. The third kappa shape index (κ3) is 6.17. The zero-order chi connectivity index (χ0) is 6.62. The van der Waals surface area contributed by atoms with Gasteiger partial charge in [-0.2, -0.15) is 0 Å². The Balaban J connectivity index is 3.11. The average Bonchev–Trinajstić information content (AvgIpc) is 1.59. The van der Waals surface area contributed by atoms with Gasteiger partial charge in [-0.25, -0.2) is 0 Å². The molecule has 0 atom stereocenters. The van der Waals surface area contributed by atoms with Crippen LogP contribution in [0.1, 0.15) is 12.8 Å². The highest BCUT2D eigenvalue weighted by atomic mass is 35.5. The lowest BCUT2D eigenvalue weighted by molar-refractivity contribution is -0.314. The van der Waals surface area contributed by atoms with Crippen molar-refractivity contribution in [3.63, 3.8) is 0 Å². The minimum atomic E-state index is -2.53. The van der Waals surface area contributed by atoms with Crippen LogP contribution in [-0.4, -0.2) is 27.2 Å². The van der Waals surface area contributed by atoms with Crippen LogP contribution < -0.4 is 0 Å². The van der Waals surface area contributed by atoms with Gasteiger partial charge in [0.2, 0.25) is 0 Å². The second-order valence-corrected chi connectivity index (χ2v) is 1.94. The average molecular weight is 141 g/mol. The van der Waals surface area contributed by atoms with E-state index in [9.17, 15) is 0 Å². The van der Waals surface area contributed by atoms with Crippen molar-refractivity contribution in [1.82, 2.24) is 0 Å². The molecule has 50 valence electrons. The zero-order valence-electron chi connectivity index (χ0n) is 4.34. The molecule has 0 fully saturated rings. The maximum atomic E-state index is 8.20. The maximum Gasteiger partial charge on any atom is 0.275 e. The first-order valence-electron chi connectivity index (χ1n) is 2.29. The Morgan fingerprint density at radius 3 is 1.88 bits per heavy atom. The van der Waals surface area contributed by atoms with Gasteiger partial charge in [0, 0.05) is 12.3 Å². The maximum absolute atomic E-state index is 8.20. The molecule has 0 spiro atoms. The Morgan fingerprint density at radius 2 is 1.75 bits per heavy atom. The lowest BCUT2D eigenvalue weighted by atomic mass is 10.3. The van der Waals surface area contributed by atoms with Gasteiger partial charge in [-0.3, -0.25) is 0 Å². The molecule has 0 radical (unpaired) electrons. The molecule has 4 heteroatoms. The van der Waals surface area contributed by atoms with Crippen LogP contribution in [0.4, 0.5) is 0 Å². The van der Waals surface area contributed by atoms with Crippen molar-refractivity contribution in [3.8, 4) is 0 Å². The minimum Gasteiger partial charge on any atom is -0.344 e. The molecule has 8 heavy (non-hydrogen) atoms. The van der Waals surface area contributed by atoms with Crippen LogP contribution >= 0.6 is 11.6 Å². The van der Waals surface area contributed by atoms with E-state index in [0.29, 0.717) is 12.3 Å². The SMILES string of the molecule is OC(O)(O)CCCCl. The molecule has 0 rings (SSSR count). The summed E-state index contributed by atoms with van der Waals surface area (Å²) in [6.45, 7) is 0. The van der Waals surface area contributed by atoms with Crippen LogP contribution in [0, 0.1) is 0 Å². The lowest BCUT2D eigenvalue weighted by Crippen LogP contribution is -2.26. The Bertz CT molecular complexity index is 58.8. The van der Waals surface area contributed by atoms with E-state index in [2.05, 4.69) is 0 Å². The molecule has 0 amide bonds. The quantitative estimate of drug-likeness (QED) is 0.371. The Morgan fingerprint density at radius 1 is 1.25 bits per heavy atom. The molecular formula is C4H9ClO3. The highest BCUT2D eigenvalue weighted by molar-refractivity contribution is 6.17. The monoisotopic (exact) mass is 140 g/mol. The molecule has 0 bridgehead atoms. The third-order valence-corrected chi connectivity index (χ3v) is 0.913. The summed E-state index contributed by atoms with van der Waals surface area (Å²) in [5, 5.41) is 24.6. The van der Waals surface area contributed by atoms with Crippen molar-refractivity contribution in [3.05, 3.63) is 0 Å². The highest BCUT2D eigenvalue weighted by Crippen LogP contribution is 2.03. The topological polar surface area (TPSA) is 60.7 Å². The van der Waals surface area contributed by atoms with E-state index in [0.717, 1.165) is 0 Å². The standard InChI is InChI=1S/C4H9ClO3/c5-3-1-2-4(6,7)8/h6-8H,1-3H2. The molecule has 0 aliphatic rings. The Hall–Kier alpha value is 0.170. The number of aliphatic hydroxyl groups is 3. The van der Waals surface area contributed by atoms with Crippen molar-refractivity contribution < 1.29 is 15.3 Å². The van der Waals surface area contributed by atoms with Gasteiger partial charge in [-0.15, -0.1) is 11.6 Å². The van der Waals surface area contributed by atoms with E-state index >= 15 is 0 Å². The molecule has 0 unspecified atom stereocenters. The molecule has 0 aromatic heterocycles. The van der Waals surface area contributed by atoms with E-state index < -0.39 is 5.97 Å². The highest BCUT2D eigenvalue weighted by Gasteiger charge is 2.15. The Kier molecular flexibility index (Phi) is 3.31. The van der Waals surface area contributed by atoms with Gasteiger partial charge in [0.1, 0.15) is 0 Å². The lowest BCUT2D eigenvalue weighted by Gasteiger charge is -2.11. The van der Waals surface area contributed by atoms with Crippen molar-refractivity contribution in [1.29, 1.82) is 0 Å². The fraction of sp³-hybridized carbons (Fsp3) is 1.00. The second kappa shape index (κ2) is 3.25. The van der Waals surface area contributed by atoms with Crippen LogP contribution in [0.15, 0.2) is 0 Å². The second-order valence-electron chi connectivity index (χ2n) is 1.57. The summed E-state index contributed by atoms with van der Waals surface area (Å²) in [4.78, 5) is 0. The van der Waals surface area contributed by atoms with E-state index in [4.69, 9.17) is 26.9 Å². The molecule has 0 aliphatic carbocycles. The van der Waals surface area contributed by atoms with Gasteiger partial charge >= 0.3 is 0 Å². The third-order valence-electron chi connectivity index (χ3n) is 0.646. The summed E-state index contributed by atoms with van der Waals surface area (Å²) in [7, 11) is 0. The zero-order valence-corrected chi connectivity index (χ0v) is 5.10. The molecule has 0 aromatic rings. The minimum absolute atomic E-state index is 0.101. The van der Waals surface area contributed by atoms with Crippen molar-refractivity contribution >= 4 is 11.6 Å². The number of rotatable bonds is 3. The van der Waals surface area contributed by atoms with E-state index in [1.165, 1.54) is 0 Å². The predicted molar refractivity (Wildman–Crippen MR) is 29.3 cm³/mol. The van der Waals surface area contributed by atoms with Crippen molar-refractivity contribution in [2.45, 2.75) is 18.8 Å². The van der Waals surface area contributed by atoms with E-state index in [1.807, 2.05) is 0 Å². The van der Waals surface area contributed by atoms with Gasteiger partial charge in [-0.05, 0) is 6.42 Å².